The average Bonchev–Trinajstić information content (AvgIpc) is 2.74. The molecule has 1 atom stereocenters. The topological polar surface area (TPSA) is 86.8 Å². The zero-order valence-electron chi connectivity index (χ0n) is 18.2. The number of nitrogens with one attached hydrogen (secondary N) is 1. The summed E-state index contributed by atoms with van der Waals surface area (Å²) in [7, 11) is -3.75. The predicted molar refractivity (Wildman–Crippen MR) is 128 cm³/mol. The second-order valence-electron chi connectivity index (χ2n) is 7.19. The predicted octanol–water partition coefficient (Wildman–Crippen LogP) is 3.70. The molecule has 2 aromatic carbocycles. The molecule has 0 fully saturated rings. The number of sulfonamides is 1. The fourth-order valence-electron chi connectivity index (χ4n) is 3.25. The molecule has 10 heteroatoms. The highest BCUT2D eigenvalue weighted by Gasteiger charge is 2.31. The van der Waals surface area contributed by atoms with E-state index < -0.39 is 28.5 Å². The van der Waals surface area contributed by atoms with Crippen molar-refractivity contribution in [3.8, 4) is 0 Å². The standard InChI is InChI=1S/C22H27Cl2N3O4S/c1-4-20(22(29)25-5-2)26(14-16-11-12-18(23)19(24)13-16)21(28)15-27(32(3,30)31)17-9-7-6-8-10-17/h6-13,20H,4-5,14-15H2,1-3H3,(H,25,29)/t20-/m0/s1. The Balaban J connectivity index is 2.42. The molecule has 2 rings (SSSR count). The van der Waals surface area contributed by atoms with Gasteiger partial charge in [-0.15, -0.1) is 0 Å². The number of para-hydroxylation sites is 1. The number of carbonyl (C=O) groups excluding carboxylic acids is 2. The van der Waals surface area contributed by atoms with Crippen LogP contribution in [0, 0.1) is 0 Å². The number of amides is 2. The summed E-state index contributed by atoms with van der Waals surface area (Å²) in [5, 5.41) is 3.44. The van der Waals surface area contributed by atoms with Gasteiger partial charge in [-0.05, 0) is 43.2 Å². The molecule has 0 saturated heterocycles. The molecule has 7 nitrogen and oxygen atoms in total. The number of carbonyl (C=O) groups is 2. The molecule has 32 heavy (non-hydrogen) atoms. The Morgan fingerprint density at radius 1 is 1.03 bits per heavy atom. The number of halogens is 2. The zero-order chi connectivity index (χ0) is 23.9. The molecule has 2 amide bonds. The van der Waals surface area contributed by atoms with Gasteiger partial charge in [0.25, 0.3) is 0 Å². The van der Waals surface area contributed by atoms with E-state index in [4.69, 9.17) is 23.2 Å². The van der Waals surface area contributed by atoms with Crippen LogP contribution in [0.2, 0.25) is 10.0 Å². The van der Waals surface area contributed by atoms with Crippen LogP contribution in [-0.4, -0.2) is 50.5 Å². The number of hydrogen-bond donors (Lipinski definition) is 1. The van der Waals surface area contributed by atoms with Crippen molar-refractivity contribution in [1.29, 1.82) is 0 Å². The van der Waals surface area contributed by atoms with Gasteiger partial charge in [0, 0.05) is 13.1 Å². The molecule has 0 aliphatic carbocycles. The third-order valence-corrected chi connectivity index (χ3v) is 6.68. The molecular weight excluding hydrogens is 473 g/mol. The summed E-state index contributed by atoms with van der Waals surface area (Å²) in [4.78, 5) is 27.5. The van der Waals surface area contributed by atoms with Crippen LogP contribution in [0.15, 0.2) is 48.5 Å². The Hall–Kier alpha value is -2.29. The van der Waals surface area contributed by atoms with E-state index in [0.29, 0.717) is 34.3 Å². The van der Waals surface area contributed by atoms with Crippen LogP contribution in [-0.2, 0) is 26.2 Å². The van der Waals surface area contributed by atoms with E-state index in [2.05, 4.69) is 5.32 Å². The van der Waals surface area contributed by atoms with Crippen molar-refractivity contribution in [1.82, 2.24) is 10.2 Å². The lowest BCUT2D eigenvalue weighted by Gasteiger charge is -2.32. The van der Waals surface area contributed by atoms with Crippen LogP contribution < -0.4 is 9.62 Å². The Morgan fingerprint density at radius 3 is 2.22 bits per heavy atom. The zero-order valence-corrected chi connectivity index (χ0v) is 20.5. The van der Waals surface area contributed by atoms with Crippen molar-refractivity contribution in [2.75, 3.05) is 23.7 Å². The van der Waals surface area contributed by atoms with E-state index in [1.165, 1.54) is 4.90 Å². The van der Waals surface area contributed by atoms with Gasteiger partial charge in [-0.25, -0.2) is 8.42 Å². The van der Waals surface area contributed by atoms with Gasteiger partial charge in [0.1, 0.15) is 12.6 Å². The van der Waals surface area contributed by atoms with Crippen LogP contribution in [0.25, 0.3) is 0 Å². The third kappa shape index (κ3) is 6.85. The Bertz CT molecular complexity index is 1050. The van der Waals surface area contributed by atoms with Gasteiger partial charge < -0.3 is 10.2 Å². The van der Waals surface area contributed by atoms with Crippen molar-refractivity contribution >= 4 is 50.7 Å². The van der Waals surface area contributed by atoms with Gasteiger partial charge in [0.05, 0.1) is 22.0 Å². The number of rotatable bonds is 10. The Kier molecular flexibility index (Phi) is 9.36. The Labute approximate surface area is 199 Å². The molecule has 0 aliphatic heterocycles. The summed E-state index contributed by atoms with van der Waals surface area (Å²) in [6.45, 7) is 3.61. The molecule has 174 valence electrons. The van der Waals surface area contributed by atoms with E-state index in [-0.39, 0.29) is 12.5 Å². The minimum atomic E-state index is -3.75. The molecule has 0 radical (unpaired) electrons. The van der Waals surface area contributed by atoms with Crippen LogP contribution in [0.5, 0.6) is 0 Å². The van der Waals surface area contributed by atoms with E-state index in [1.807, 2.05) is 0 Å². The van der Waals surface area contributed by atoms with Crippen LogP contribution in [0.1, 0.15) is 25.8 Å². The number of anilines is 1. The van der Waals surface area contributed by atoms with Crippen LogP contribution >= 0.6 is 23.2 Å². The van der Waals surface area contributed by atoms with Crippen LogP contribution in [0.4, 0.5) is 5.69 Å². The second kappa shape index (κ2) is 11.5. The molecule has 0 bridgehead atoms. The molecule has 0 unspecified atom stereocenters. The van der Waals surface area contributed by atoms with Crippen molar-refractivity contribution in [3.63, 3.8) is 0 Å². The van der Waals surface area contributed by atoms with Crippen molar-refractivity contribution in [2.24, 2.45) is 0 Å². The lowest BCUT2D eigenvalue weighted by atomic mass is 10.1. The molecule has 0 aromatic heterocycles. The van der Waals surface area contributed by atoms with Crippen molar-refractivity contribution in [3.05, 3.63) is 64.1 Å². The quantitative estimate of drug-likeness (QED) is 0.539. The fraction of sp³-hybridized carbons (Fsp3) is 0.364. The van der Waals surface area contributed by atoms with Crippen molar-refractivity contribution < 1.29 is 18.0 Å². The number of benzene rings is 2. The number of nitrogens with zero attached hydrogens (tertiary/aromatic N) is 2. The smallest absolute Gasteiger partial charge is 0.244 e. The molecule has 0 heterocycles. The normalized spacial score (nSPS) is 12.2. The van der Waals surface area contributed by atoms with Gasteiger partial charge in [-0.2, -0.15) is 0 Å². The minimum absolute atomic E-state index is 0.0672. The highest BCUT2D eigenvalue weighted by atomic mass is 35.5. The van der Waals surface area contributed by atoms with Crippen molar-refractivity contribution in [2.45, 2.75) is 32.9 Å². The maximum atomic E-state index is 13.4. The Morgan fingerprint density at radius 2 is 1.69 bits per heavy atom. The van der Waals surface area contributed by atoms with E-state index in [0.717, 1.165) is 10.6 Å². The first-order valence-corrected chi connectivity index (χ1v) is 12.7. The third-order valence-electron chi connectivity index (χ3n) is 4.80. The van der Waals surface area contributed by atoms with Gasteiger partial charge in [-0.3, -0.25) is 13.9 Å². The number of likely N-dealkylation sites (N-methyl/N-ethyl adjacent to an activating group) is 1. The summed E-state index contributed by atoms with van der Waals surface area (Å²) in [6, 6.07) is 12.5. The van der Waals surface area contributed by atoms with E-state index in [1.54, 1.807) is 62.4 Å². The summed E-state index contributed by atoms with van der Waals surface area (Å²) < 4.78 is 25.9. The first-order chi connectivity index (χ1) is 15.1. The molecule has 0 spiro atoms. The summed E-state index contributed by atoms with van der Waals surface area (Å²) >= 11 is 12.1. The lowest BCUT2D eigenvalue weighted by molar-refractivity contribution is -0.140. The second-order valence-corrected chi connectivity index (χ2v) is 9.92. The SMILES string of the molecule is CCNC(=O)[C@H](CC)N(Cc1ccc(Cl)c(Cl)c1)C(=O)CN(c1ccccc1)S(C)(=O)=O. The van der Waals surface area contributed by atoms with Gasteiger partial charge in [0.2, 0.25) is 21.8 Å². The van der Waals surface area contributed by atoms with Crippen LogP contribution in [0.3, 0.4) is 0 Å². The average molecular weight is 500 g/mol. The molecule has 2 aromatic rings. The molecular formula is C22H27Cl2N3O4S. The van der Waals surface area contributed by atoms with Gasteiger partial charge >= 0.3 is 0 Å². The highest BCUT2D eigenvalue weighted by molar-refractivity contribution is 7.92. The lowest BCUT2D eigenvalue weighted by Crippen LogP contribution is -2.52. The molecule has 1 N–H and O–H groups in total. The highest BCUT2D eigenvalue weighted by Crippen LogP contribution is 2.24. The van der Waals surface area contributed by atoms with Gasteiger partial charge in [0.15, 0.2) is 0 Å². The maximum absolute atomic E-state index is 13.4. The monoisotopic (exact) mass is 499 g/mol. The summed E-state index contributed by atoms with van der Waals surface area (Å²) in [5.41, 5.74) is 1.03. The largest absolute Gasteiger partial charge is 0.355 e. The fourth-order valence-corrected chi connectivity index (χ4v) is 4.42. The summed E-state index contributed by atoms with van der Waals surface area (Å²) in [5.74, 6) is -0.822. The molecule has 0 saturated carbocycles. The number of hydrogen-bond acceptors (Lipinski definition) is 4. The maximum Gasteiger partial charge on any atom is 0.244 e. The first kappa shape index (κ1) is 26.0. The first-order valence-electron chi connectivity index (χ1n) is 10.1. The molecule has 0 aliphatic rings. The minimum Gasteiger partial charge on any atom is -0.355 e. The van der Waals surface area contributed by atoms with Gasteiger partial charge in [-0.1, -0.05) is 54.4 Å². The van der Waals surface area contributed by atoms with E-state index >= 15 is 0 Å². The van der Waals surface area contributed by atoms with E-state index in [9.17, 15) is 18.0 Å². The summed E-state index contributed by atoms with van der Waals surface area (Å²) in [6.07, 6.45) is 1.39.